The van der Waals surface area contributed by atoms with Crippen LogP contribution in [0.1, 0.15) is 72.5 Å². The van der Waals surface area contributed by atoms with Crippen LogP contribution in [0.5, 0.6) is 0 Å². The summed E-state index contributed by atoms with van der Waals surface area (Å²) in [4.78, 5) is 23.4. The van der Waals surface area contributed by atoms with Crippen molar-refractivity contribution in [2.24, 2.45) is 5.41 Å². The molecule has 1 spiro atoms. The van der Waals surface area contributed by atoms with Crippen molar-refractivity contribution in [3.05, 3.63) is 63.4 Å². The Hall–Kier alpha value is -3.01. The highest BCUT2D eigenvalue weighted by Gasteiger charge is 2.44. The zero-order valence-corrected chi connectivity index (χ0v) is 24.4. The summed E-state index contributed by atoms with van der Waals surface area (Å²) in [6.07, 6.45) is 12.6. The molecule has 0 atom stereocenters. The van der Waals surface area contributed by atoms with Gasteiger partial charge in [0, 0.05) is 54.1 Å². The maximum atomic E-state index is 14.9. The molecule has 7 nitrogen and oxygen atoms in total. The average molecular weight is 611 g/mol. The van der Waals surface area contributed by atoms with Crippen LogP contribution in [0.4, 0.5) is 9.52 Å². The number of rotatable bonds is 6. The minimum absolute atomic E-state index is 0.100. The molecular formula is C30H26Cl2FN5O2S. The van der Waals surface area contributed by atoms with Crippen molar-refractivity contribution < 1.29 is 13.7 Å². The van der Waals surface area contributed by atoms with Crippen LogP contribution < -0.4 is 10.2 Å². The minimum Gasteiger partial charge on any atom is -0.360 e. The fraction of sp³-hybridized carbons (Fsp3) is 0.400. The Morgan fingerprint density at radius 3 is 2.51 bits per heavy atom. The zero-order chi connectivity index (χ0) is 27.9. The second-order valence-corrected chi connectivity index (χ2v) is 13.6. The van der Waals surface area contributed by atoms with Gasteiger partial charge >= 0.3 is 0 Å². The molecule has 0 radical (unpaired) electrons. The summed E-state index contributed by atoms with van der Waals surface area (Å²) >= 11 is 14.5. The van der Waals surface area contributed by atoms with Crippen LogP contribution in [-0.4, -0.2) is 40.2 Å². The van der Waals surface area contributed by atoms with Crippen molar-refractivity contribution in [2.45, 2.75) is 56.9 Å². The van der Waals surface area contributed by atoms with E-state index >= 15 is 0 Å². The molecule has 1 aliphatic heterocycles. The smallest absolute Gasteiger partial charge is 0.251 e. The molecule has 1 N–H and O–H groups in total. The Kier molecular flexibility index (Phi) is 5.95. The van der Waals surface area contributed by atoms with Gasteiger partial charge in [-0.1, -0.05) is 45.8 Å². The molecule has 2 saturated carbocycles. The fourth-order valence-corrected chi connectivity index (χ4v) is 7.74. The molecule has 8 rings (SSSR count). The van der Waals surface area contributed by atoms with E-state index in [4.69, 9.17) is 27.7 Å². The third-order valence-electron chi connectivity index (χ3n) is 8.74. The molecule has 41 heavy (non-hydrogen) atoms. The number of carbonyl (C=O) groups is 1. The number of carbonyl (C=O) groups excluding carboxylic acids is 1. The third-order valence-corrected chi connectivity index (χ3v) is 10.4. The summed E-state index contributed by atoms with van der Waals surface area (Å²) in [5.74, 6) is 0.662. The van der Waals surface area contributed by atoms with Gasteiger partial charge in [0.05, 0.1) is 14.7 Å². The van der Waals surface area contributed by atoms with Gasteiger partial charge in [0.25, 0.3) is 5.91 Å². The number of nitrogens with zero attached hydrogens (tertiary/aromatic N) is 4. The van der Waals surface area contributed by atoms with Gasteiger partial charge in [0.2, 0.25) is 0 Å². The van der Waals surface area contributed by atoms with Crippen LogP contribution in [0.2, 0.25) is 10.0 Å². The van der Waals surface area contributed by atoms with E-state index < -0.39 is 5.82 Å². The third kappa shape index (κ3) is 4.53. The largest absolute Gasteiger partial charge is 0.360 e. The zero-order valence-electron chi connectivity index (χ0n) is 22.1. The highest BCUT2D eigenvalue weighted by Crippen LogP contribution is 2.56. The van der Waals surface area contributed by atoms with Gasteiger partial charge in [0.15, 0.2) is 10.9 Å². The number of halogens is 3. The Morgan fingerprint density at radius 2 is 1.83 bits per heavy atom. The van der Waals surface area contributed by atoms with Crippen LogP contribution >= 0.6 is 34.5 Å². The lowest BCUT2D eigenvalue weighted by atomic mass is 9.63. The van der Waals surface area contributed by atoms with Crippen molar-refractivity contribution in [3.63, 3.8) is 0 Å². The normalized spacial score (nSPS) is 19.9. The fourth-order valence-electron chi connectivity index (χ4n) is 6.13. The molecular weight excluding hydrogens is 584 g/mol. The second kappa shape index (κ2) is 9.51. The summed E-state index contributed by atoms with van der Waals surface area (Å²) in [5, 5.41) is 9.09. The number of thiazole rings is 1. The molecule has 0 unspecified atom stereocenters. The number of benzene rings is 1. The number of hydrogen-bond acceptors (Lipinski definition) is 7. The van der Waals surface area contributed by atoms with Gasteiger partial charge in [-0.05, 0) is 68.1 Å². The van der Waals surface area contributed by atoms with Gasteiger partial charge in [-0.25, -0.2) is 9.37 Å². The Balaban J connectivity index is 1.02. The number of fused-ring (bicyclic) bond motifs is 1. The highest BCUT2D eigenvalue weighted by molar-refractivity contribution is 7.22. The number of piperidine rings is 1. The van der Waals surface area contributed by atoms with Crippen molar-refractivity contribution in [2.75, 3.05) is 18.0 Å². The maximum Gasteiger partial charge on any atom is 0.251 e. The van der Waals surface area contributed by atoms with Gasteiger partial charge < -0.3 is 14.7 Å². The predicted molar refractivity (Wildman–Crippen MR) is 158 cm³/mol. The molecule has 1 saturated heterocycles. The SMILES string of the molecule is O=C(NC1CC1)c1cc(F)c2nc(N3CCC4(C=C(c5c(-c6c(Cl)cncc6Cl)noc5C5CC5)C4)CC3)sc2c1. The molecule has 3 aromatic heterocycles. The first kappa shape index (κ1) is 25.7. The Labute approximate surface area is 249 Å². The van der Waals surface area contributed by atoms with E-state index in [0.717, 1.165) is 74.5 Å². The molecule has 3 aliphatic carbocycles. The molecule has 4 aromatic rings. The first-order valence-corrected chi connectivity index (χ1v) is 15.6. The first-order chi connectivity index (χ1) is 19.9. The maximum absolute atomic E-state index is 14.9. The number of pyridine rings is 1. The van der Waals surface area contributed by atoms with E-state index in [-0.39, 0.29) is 17.4 Å². The lowest BCUT2D eigenvalue weighted by molar-refractivity contribution is 0.0951. The van der Waals surface area contributed by atoms with Gasteiger partial charge in [0.1, 0.15) is 17.0 Å². The molecule has 3 fully saturated rings. The monoisotopic (exact) mass is 609 g/mol. The molecule has 1 amide bonds. The quantitative estimate of drug-likeness (QED) is 0.242. The van der Waals surface area contributed by atoms with Gasteiger partial charge in [-0.2, -0.15) is 0 Å². The summed E-state index contributed by atoms with van der Waals surface area (Å²) in [6.45, 7) is 1.66. The Morgan fingerprint density at radius 1 is 1.10 bits per heavy atom. The number of allylic oxidation sites excluding steroid dienone is 2. The molecule has 210 valence electrons. The van der Waals surface area contributed by atoms with Crippen molar-refractivity contribution >= 4 is 61.4 Å². The lowest BCUT2D eigenvalue weighted by Crippen LogP contribution is -2.42. The van der Waals surface area contributed by atoms with Gasteiger partial charge in [-0.15, -0.1) is 0 Å². The molecule has 4 heterocycles. The summed E-state index contributed by atoms with van der Waals surface area (Å²) < 4.78 is 21.5. The van der Waals surface area contributed by atoms with E-state index in [1.165, 1.54) is 23.0 Å². The van der Waals surface area contributed by atoms with Crippen LogP contribution in [0.25, 0.3) is 27.0 Å². The topological polar surface area (TPSA) is 84.2 Å². The lowest BCUT2D eigenvalue weighted by Gasteiger charge is -2.46. The second-order valence-electron chi connectivity index (χ2n) is 11.8. The predicted octanol–water partition coefficient (Wildman–Crippen LogP) is 7.64. The molecule has 1 aromatic carbocycles. The van der Waals surface area contributed by atoms with E-state index in [1.54, 1.807) is 18.5 Å². The first-order valence-electron chi connectivity index (χ1n) is 14.0. The van der Waals surface area contributed by atoms with E-state index in [0.29, 0.717) is 43.0 Å². The highest BCUT2D eigenvalue weighted by atomic mass is 35.5. The van der Waals surface area contributed by atoms with Crippen LogP contribution in [0, 0.1) is 11.2 Å². The minimum atomic E-state index is -0.448. The molecule has 0 bridgehead atoms. The van der Waals surface area contributed by atoms with Crippen LogP contribution in [0.3, 0.4) is 0 Å². The van der Waals surface area contributed by atoms with Crippen LogP contribution in [0.15, 0.2) is 35.1 Å². The molecule has 11 heteroatoms. The number of hydrogen-bond donors (Lipinski definition) is 1. The van der Waals surface area contributed by atoms with Crippen molar-refractivity contribution in [1.82, 2.24) is 20.4 Å². The van der Waals surface area contributed by atoms with Crippen LogP contribution in [-0.2, 0) is 0 Å². The van der Waals surface area contributed by atoms with E-state index in [2.05, 4.69) is 31.4 Å². The Bertz CT molecular complexity index is 1730. The average Bonchev–Trinajstić information content (AvgIpc) is 3.86. The van der Waals surface area contributed by atoms with E-state index in [9.17, 15) is 9.18 Å². The van der Waals surface area contributed by atoms with Gasteiger partial charge in [-0.3, -0.25) is 9.78 Å². The summed E-state index contributed by atoms with van der Waals surface area (Å²) in [7, 11) is 0. The van der Waals surface area contributed by atoms with Crippen molar-refractivity contribution in [3.8, 4) is 11.3 Å². The number of amides is 1. The summed E-state index contributed by atoms with van der Waals surface area (Å²) in [6, 6.07) is 3.29. The molecule has 4 aliphatic rings. The van der Waals surface area contributed by atoms with Crippen molar-refractivity contribution in [1.29, 1.82) is 0 Å². The van der Waals surface area contributed by atoms with E-state index in [1.807, 2.05) is 0 Å². The number of anilines is 1. The standard InChI is InChI=1S/C30H26Cl2FN5O2S/c31-19-13-34-14-20(32)24(19)26-23(27(40-37-26)15-1-2-15)17-11-30(12-17)5-7-38(8-6-30)29-36-25-21(33)9-16(10-22(25)41-29)28(39)35-18-3-4-18/h9-11,13-15,18H,1-8,12H2,(H,35,39). The number of aromatic nitrogens is 3. The summed E-state index contributed by atoms with van der Waals surface area (Å²) in [5.41, 5.74) is 4.43. The number of nitrogens with one attached hydrogen (secondary N) is 1.